The maximum Gasteiger partial charge on any atom is 0.342 e. The molecule has 0 aliphatic carbocycles. The Hall–Kier alpha value is -6.06. The van der Waals surface area contributed by atoms with Crippen molar-refractivity contribution in [1.82, 2.24) is 8.75 Å². The molecule has 236 valence electrons. The Morgan fingerprint density at radius 2 is 1.47 bits per heavy atom. The molecular formula is C32H22N4O10S. The zero-order valence-corrected chi connectivity index (χ0v) is 24.9. The van der Waals surface area contributed by atoms with Gasteiger partial charge >= 0.3 is 5.97 Å². The van der Waals surface area contributed by atoms with Gasteiger partial charge in [-0.15, -0.1) is 0 Å². The number of esters is 1. The molecule has 1 unspecified atom stereocenters. The normalized spacial score (nSPS) is 16.7. The highest BCUT2D eigenvalue weighted by atomic mass is 32.1. The molecule has 7 rings (SSSR count). The fourth-order valence-electron chi connectivity index (χ4n) is 5.08. The van der Waals surface area contributed by atoms with Crippen molar-refractivity contribution in [2.75, 3.05) is 13.2 Å². The van der Waals surface area contributed by atoms with Crippen molar-refractivity contribution in [2.24, 2.45) is 0 Å². The lowest BCUT2D eigenvalue weighted by molar-refractivity contribution is -0.385. The number of nitro benzene ring substituents is 2. The highest BCUT2D eigenvalue weighted by Gasteiger charge is 2.48. The molecule has 5 aromatic rings. The number of aldehydes is 1. The molecule has 1 N–H and O–H groups in total. The summed E-state index contributed by atoms with van der Waals surface area (Å²) < 4.78 is 25.3. The van der Waals surface area contributed by atoms with Gasteiger partial charge in [0.1, 0.15) is 30.5 Å². The third-order valence-corrected chi connectivity index (χ3v) is 7.96. The van der Waals surface area contributed by atoms with Crippen LogP contribution in [0.15, 0.2) is 90.5 Å². The van der Waals surface area contributed by atoms with Crippen molar-refractivity contribution in [2.45, 2.75) is 12.2 Å². The zero-order chi connectivity index (χ0) is 33.1. The molecule has 0 bridgehead atoms. The maximum atomic E-state index is 13.3. The number of ether oxygens (including phenoxy) is 3. The predicted molar refractivity (Wildman–Crippen MR) is 167 cm³/mol. The summed E-state index contributed by atoms with van der Waals surface area (Å²) in [6.07, 6.45) is 0.737. The van der Waals surface area contributed by atoms with E-state index >= 15 is 0 Å². The second-order valence-electron chi connectivity index (χ2n) is 10.3. The summed E-state index contributed by atoms with van der Waals surface area (Å²) in [6.45, 7) is 0.766. The Morgan fingerprint density at radius 1 is 0.830 bits per heavy atom. The van der Waals surface area contributed by atoms with Crippen LogP contribution in [0, 0.1) is 20.2 Å². The van der Waals surface area contributed by atoms with E-state index in [4.69, 9.17) is 14.2 Å². The first-order valence-corrected chi connectivity index (χ1v) is 14.6. The van der Waals surface area contributed by atoms with Gasteiger partial charge in [0.05, 0.1) is 27.1 Å². The van der Waals surface area contributed by atoms with Crippen LogP contribution in [0.2, 0.25) is 0 Å². The van der Waals surface area contributed by atoms with Gasteiger partial charge < -0.3 is 19.3 Å². The molecule has 15 heteroatoms. The molecule has 2 aliphatic rings. The van der Waals surface area contributed by atoms with E-state index in [9.17, 15) is 34.9 Å². The van der Waals surface area contributed by atoms with Crippen molar-refractivity contribution < 1.29 is 38.8 Å². The molecule has 4 aromatic carbocycles. The number of non-ortho nitro benzene ring substituents is 2. The number of carbonyl (C=O) groups is 2. The average molecular weight is 655 g/mol. The van der Waals surface area contributed by atoms with Crippen LogP contribution >= 0.6 is 11.7 Å². The number of carbonyl (C=O) groups excluding carboxylic acids is 2. The molecular weight excluding hydrogens is 632 g/mol. The van der Waals surface area contributed by atoms with Crippen LogP contribution in [0.4, 0.5) is 11.4 Å². The van der Waals surface area contributed by atoms with Gasteiger partial charge in [0.2, 0.25) is 0 Å². The van der Waals surface area contributed by atoms with E-state index in [1.807, 2.05) is 0 Å². The number of fused-ring (bicyclic) bond motifs is 2. The number of nitrogens with zero attached hydrogens (tertiary/aromatic N) is 4. The molecule has 2 aliphatic heterocycles. The minimum atomic E-state index is -2.10. The summed E-state index contributed by atoms with van der Waals surface area (Å²) in [5.74, 6) is -1.84. The fourth-order valence-corrected chi connectivity index (χ4v) is 5.60. The monoisotopic (exact) mass is 654 g/mol. The molecule has 0 saturated carbocycles. The molecule has 3 heterocycles. The molecule has 0 fully saturated rings. The summed E-state index contributed by atoms with van der Waals surface area (Å²) in [5.41, 5.74) is 3.63. The van der Waals surface area contributed by atoms with Gasteiger partial charge in [-0.05, 0) is 53.6 Å². The van der Waals surface area contributed by atoms with E-state index in [1.165, 1.54) is 36.4 Å². The Morgan fingerprint density at radius 3 is 2.13 bits per heavy atom. The Labute approximate surface area is 269 Å². The molecule has 1 aromatic heterocycles. The summed E-state index contributed by atoms with van der Waals surface area (Å²) in [7, 11) is 0. The number of hydrogen-bond donors (Lipinski definition) is 1. The highest BCUT2D eigenvalue weighted by molar-refractivity contribution is 7.00. The molecule has 0 radical (unpaired) electrons. The second-order valence-corrected chi connectivity index (χ2v) is 10.8. The lowest BCUT2D eigenvalue weighted by atomic mass is 9.88. The standard InChI is InChI=1S/C25H17N3O7S.C7H5NO3/c29-24-23(15-3-7-19-20(12-15)27-36-26-19)18(11-14-1-5-17(6-2-14)28(31)32)25(30,35-24)16-4-8-21-22(13-16)34-10-9-33-21;9-5-6-1-3-7(4-2-6)8(10)11/h1-8,12-13,30H,9-11H2;1-5H. The van der Waals surface area contributed by atoms with Gasteiger partial charge in [0.15, 0.2) is 11.5 Å². The average Bonchev–Trinajstić information content (AvgIpc) is 3.66. The lowest BCUT2D eigenvalue weighted by Crippen LogP contribution is -2.30. The Kier molecular flexibility index (Phi) is 8.39. The van der Waals surface area contributed by atoms with Gasteiger partial charge in [-0.1, -0.05) is 18.2 Å². The minimum Gasteiger partial charge on any atom is -0.486 e. The third-order valence-electron chi connectivity index (χ3n) is 7.40. The first-order chi connectivity index (χ1) is 22.7. The number of aliphatic hydroxyl groups is 1. The highest BCUT2D eigenvalue weighted by Crippen LogP contribution is 2.47. The Balaban J connectivity index is 0.000000300. The van der Waals surface area contributed by atoms with Crippen molar-refractivity contribution in [3.8, 4) is 11.5 Å². The van der Waals surface area contributed by atoms with Gasteiger partial charge in [0.25, 0.3) is 17.2 Å². The number of hydrogen-bond acceptors (Lipinski definition) is 13. The van der Waals surface area contributed by atoms with E-state index in [0.29, 0.717) is 69.9 Å². The van der Waals surface area contributed by atoms with Crippen LogP contribution in [0.1, 0.15) is 27.0 Å². The number of benzene rings is 4. The van der Waals surface area contributed by atoms with Crippen molar-refractivity contribution in [3.05, 3.63) is 133 Å². The predicted octanol–water partition coefficient (Wildman–Crippen LogP) is 5.18. The fraction of sp³-hybridized carbons (Fsp3) is 0.125. The summed E-state index contributed by atoms with van der Waals surface area (Å²) in [5, 5.41) is 33.1. The van der Waals surface area contributed by atoms with Crippen molar-refractivity contribution in [3.63, 3.8) is 0 Å². The topological polar surface area (TPSA) is 194 Å². The van der Waals surface area contributed by atoms with Gasteiger partial charge in [-0.3, -0.25) is 25.0 Å². The van der Waals surface area contributed by atoms with Crippen LogP contribution in [0.25, 0.3) is 16.6 Å². The molecule has 1 atom stereocenters. The first-order valence-electron chi connectivity index (χ1n) is 13.9. The largest absolute Gasteiger partial charge is 0.486 e. The quantitative estimate of drug-likeness (QED) is 0.105. The molecule has 47 heavy (non-hydrogen) atoms. The number of cyclic esters (lactones) is 1. The zero-order valence-electron chi connectivity index (χ0n) is 24.1. The second kappa shape index (κ2) is 12.7. The van der Waals surface area contributed by atoms with E-state index in [2.05, 4.69) is 8.75 Å². The lowest BCUT2D eigenvalue weighted by Gasteiger charge is -2.27. The Bertz CT molecular complexity index is 2060. The molecule has 0 spiro atoms. The maximum absolute atomic E-state index is 13.3. The van der Waals surface area contributed by atoms with Crippen LogP contribution in [0.5, 0.6) is 11.5 Å². The summed E-state index contributed by atoms with van der Waals surface area (Å²) in [6, 6.07) is 21.4. The first kappa shape index (κ1) is 30.9. The SMILES string of the molecule is O=C1OC(O)(c2ccc3c(c2)OCCO3)C(Cc2ccc([N+](=O)[O-])cc2)=C1c1ccc2nsnc2c1.O=Cc1ccc([N+](=O)[O-])cc1. The van der Waals surface area contributed by atoms with Crippen LogP contribution < -0.4 is 9.47 Å². The van der Waals surface area contributed by atoms with E-state index in [0.717, 1.165) is 11.7 Å². The smallest absolute Gasteiger partial charge is 0.342 e. The summed E-state index contributed by atoms with van der Waals surface area (Å²) in [4.78, 5) is 43.6. The van der Waals surface area contributed by atoms with E-state index in [-0.39, 0.29) is 23.4 Å². The van der Waals surface area contributed by atoms with Gasteiger partial charge in [0, 0.05) is 47.4 Å². The van der Waals surface area contributed by atoms with Crippen LogP contribution in [-0.4, -0.2) is 49.2 Å². The minimum absolute atomic E-state index is 0.00407. The number of nitro groups is 2. The van der Waals surface area contributed by atoms with Gasteiger partial charge in [-0.25, -0.2) is 4.79 Å². The van der Waals surface area contributed by atoms with Crippen LogP contribution in [-0.2, 0) is 21.7 Å². The van der Waals surface area contributed by atoms with Gasteiger partial charge in [-0.2, -0.15) is 8.75 Å². The van der Waals surface area contributed by atoms with E-state index in [1.54, 1.807) is 48.5 Å². The third kappa shape index (κ3) is 6.25. The number of aromatic nitrogens is 2. The van der Waals surface area contributed by atoms with E-state index < -0.39 is 21.6 Å². The van der Waals surface area contributed by atoms with Crippen molar-refractivity contribution in [1.29, 1.82) is 0 Å². The molecule has 0 saturated heterocycles. The van der Waals surface area contributed by atoms with Crippen molar-refractivity contribution >= 4 is 52.0 Å². The van der Waals surface area contributed by atoms with Crippen LogP contribution in [0.3, 0.4) is 0 Å². The molecule has 14 nitrogen and oxygen atoms in total. The molecule has 0 amide bonds. The number of rotatable bonds is 7. The summed E-state index contributed by atoms with van der Waals surface area (Å²) >= 11 is 1.06.